The molecular formula is C26H24N4O5S. The van der Waals surface area contributed by atoms with Gasteiger partial charge in [-0.05, 0) is 36.0 Å². The number of thioether (sulfide) groups is 1. The number of benzene rings is 2. The molecule has 2 saturated heterocycles. The minimum atomic E-state index is -0.495. The minimum Gasteiger partial charge on any atom is -0.378 e. The summed E-state index contributed by atoms with van der Waals surface area (Å²) in [6.45, 7) is 1.58. The maximum Gasteiger partial charge on any atom is 0.294 e. The number of amides is 4. The minimum absolute atomic E-state index is 0.0821. The molecule has 5 rings (SSSR count). The first kappa shape index (κ1) is 23.8. The third-order valence-electron chi connectivity index (χ3n) is 6.01. The Labute approximate surface area is 211 Å². The predicted molar refractivity (Wildman–Crippen MR) is 137 cm³/mol. The fourth-order valence-electron chi connectivity index (χ4n) is 4.22. The van der Waals surface area contributed by atoms with Gasteiger partial charge in [0.2, 0.25) is 11.8 Å². The Balaban J connectivity index is 1.35. The van der Waals surface area contributed by atoms with E-state index in [0.29, 0.717) is 37.6 Å². The molecule has 9 nitrogen and oxygen atoms in total. The highest BCUT2D eigenvalue weighted by Crippen LogP contribution is 2.34. The van der Waals surface area contributed by atoms with Gasteiger partial charge in [0.15, 0.2) is 0 Å². The van der Waals surface area contributed by atoms with Crippen molar-refractivity contribution in [2.24, 2.45) is 0 Å². The van der Waals surface area contributed by atoms with E-state index in [9.17, 15) is 19.2 Å². The van der Waals surface area contributed by atoms with E-state index < -0.39 is 11.1 Å². The van der Waals surface area contributed by atoms with Crippen molar-refractivity contribution in [2.45, 2.75) is 6.54 Å². The van der Waals surface area contributed by atoms with E-state index >= 15 is 0 Å². The van der Waals surface area contributed by atoms with Crippen molar-refractivity contribution < 1.29 is 23.9 Å². The van der Waals surface area contributed by atoms with Crippen LogP contribution in [0.15, 0.2) is 65.7 Å². The first-order chi connectivity index (χ1) is 17.5. The Morgan fingerprint density at radius 1 is 0.972 bits per heavy atom. The topological polar surface area (TPSA) is 101 Å². The number of nitrogens with one attached hydrogen (secondary N) is 1. The van der Waals surface area contributed by atoms with Crippen LogP contribution in [0.25, 0.3) is 17.0 Å². The highest BCUT2D eigenvalue weighted by atomic mass is 32.2. The third kappa shape index (κ3) is 5.05. The predicted octanol–water partition coefficient (Wildman–Crippen LogP) is 3.18. The Kier molecular flexibility index (Phi) is 6.88. The van der Waals surface area contributed by atoms with E-state index in [2.05, 4.69) is 5.32 Å². The Morgan fingerprint density at radius 3 is 2.47 bits per heavy atom. The molecule has 2 aliphatic heterocycles. The lowest BCUT2D eigenvalue weighted by molar-refractivity contribution is -0.139. The summed E-state index contributed by atoms with van der Waals surface area (Å²) in [5, 5.41) is 3.25. The standard InChI is InChI=1S/C26H24N4O5S/c31-23(27-19-6-2-1-3-7-19)16-29-15-18(20-8-4-5-9-21(20)29)14-22-25(33)30(26(34)36-22)17-24(32)28-10-12-35-13-11-28/h1-9,14-15H,10-13,16-17H2,(H,27,31)/b22-14+. The van der Waals surface area contributed by atoms with Gasteiger partial charge in [-0.15, -0.1) is 0 Å². The molecule has 4 amide bonds. The molecule has 3 heterocycles. The quantitative estimate of drug-likeness (QED) is 0.518. The molecule has 2 aromatic carbocycles. The number of carbonyl (C=O) groups excluding carboxylic acids is 4. The van der Waals surface area contributed by atoms with Crippen molar-refractivity contribution in [3.8, 4) is 0 Å². The fourth-order valence-corrected chi connectivity index (χ4v) is 5.05. The van der Waals surface area contributed by atoms with Crippen LogP contribution in [0, 0.1) is 0 Å². The second kappa shape index (κ2) is 10.4. The van der Waals surface area contributed by atoms with Crippen LogP contribution >= 0.6 is 11.8 Å². The molecule has 0 bridgehead atoms. The van der Waals surface area contributed by atoms with Crippen LogP contribution < -0.4 is 5.32 Å². The van der Waals surface area contributed by atoms with Gasteiger partial charge in [0.25, 0.3) is 11.1 Å². The van der Waals surface area contributed by atoms with Crippen molar-refractivity contribution >= 4 is 57.4 Å². The van der Waals surface area contributed by atoms with Crippen LogP contribution in [0.5, 0.6) is 0 Å². The molecule has 0 saturated carbocycles. The van der Waals surface area contributed by atoms with E-state index in [1.165, 1.54) is 0 Å². The van der Waals surface area contributed by atoms with E-state index in [4.69, 9.17) is 4.74 Å². The largest absolute Gasteiger partial charge is 0.378 e. The van der Waals surface area contributed by atoms with Gasteiger partial charge >= 0.3 is 0 Å². The smallest absolute Gasteiger partial charge is 0.294 e. The number of carbonyl (C=O) groups is 4. The van der Waals surface area contributed by atoms with E-state index in [1.54, 1.807) is 17.2 Å². The maximum atomic E-state index is 13.0. The summed E-state index contributed by atoms with van der Waals surface area (Å²) in [7, 11) is 0. The Bertz CT molecular complexity index is 1360. The normalized spacial score (nSPS) is 17.3. The number of ether oxygens (including phenoxy) is 1. The fraction of sp³-hybridized carbons (Fsp3) is 0.231. The lowest BCUT2D eigenvalue weighted by Gasteiger charge is -2.28. The second-order valence-corrected chi connectivity index (χ2v) is 9.40. The summed E-state index contributed by atoms with van der Waals surface area (Å²) in [4.78, 5) is 53.6. The molecule has 10 heteroatoms. The summed E-state index contributed by atoms with van der Waals surface area (Å²) in [6, 6.07) is 16.8. The molecule has 1 N–H and O–H groups in total. The van der Waals surface area contributed by atoms with Crippen LogP contribution in [0.4, 0.5) is 10.5 Å². The van der Waals surface area contributed by atoms with Gasteiger partial charge < -0.3 is 19.5 Å². The van der Waals surface area contributed by atoms with Gasteiger partial charge in [-0.2, -0.15) is 0 Å². The zero-order valence-electron chi connectivity index (χ0n) is 19.4. The molecule has 2 aliphatic rings. The van der Waals surface area contributed by atoms with Gasteiger partial charge in [-0.3, -0.25) is 24.1 Å². The zero-order valence-corrected chi connectivity index (χ0v) is 20.2. The summed E-state index contributed by atoms with van der Waals surface area (Å²) in [6.07, 6.45) is 3.44. The van der Waals surface area contributed by atoms with Crippen LogP contribution in [0.1, 0.15) is 5.56 Å². The summed E-state index contributed by atoms with van der Waals surface area (Å²) >= 11 is 0.813. The van der Waals surface area contributed by atoms with E-state index in [0.717, 1.165) is 27.6 Å². The number of aromatic nitrogens is 1. The molecular weight excluding hydrogens is 480 g/mol. The molecule has 0 spiro atoms. The Morgan fingerprint density at radius 2 is 1.69 bits per heavy atom. The number of anilines is 1. The SMILES string of the molecule is O=C(Cn1cc(/C=C2/SC(=O)N(CC(=O)N3CCOCC3)C2=O)c2ccccc21)Nc1ccccc1. The lowest BCUT2D eigenvalue weighted by Crippen LogP contribution is -2.46. The molecule has 1 aromatic heterocycles. The van der Waals surface area contributed by atoms with Crippen molar-refractivity contribution in [2.75, 3.05) is 38.2 Å². The molecule has 184 valence electrons. The van der Waals surface area contributed by atoms with Gasteiger partial charge in [0.05, 0.1) is 18.1 Å². The van der Waals surface area contributed by atoms with Gasteiger partial charge in [-0.1, -0.05) is 36.4 Å². The average molecular weight is 505 g/mol. The highest BCUT2D eigenvalue weighted by molar-refractivity contribution is 8.18. The summed E-state index contributed by atoms with van der Waals surface area (Å²) in [5.74, 6) is -0.955. The molecule has 0 radical (unpaired) electrons. The van der Waals surface area contributed by atoms with Crippen LogP contribution in [0.3, 0.4) is 0 Å². The lowest BCUT2D eigenvalue weighted by atomic mass is 10.1. The zero-order chi connectivity index (χ0) is 25.1. The van der Waals surface area contributed by atoms with Crippen LogP contribution in [-0.2, 0) is 25.7 Å². The number of para-hydroxylation sites is 2. The number of rotatable bonds is 6. The average Bonchev–Trinajstić information content (AvgIpc) is 3.36. The van der Waals surface area contributed by atoms with Crippen LogP contribution in [0.2, 0.25) is 0 Å². The number of fused-ring (bicyclic) bond motifs is 1. The van der Waals surface area contributed by atoms with Gasteiger partial charge in [-0.25, -0.2) is 0 Å². The number of hydrogen-bond acceptors (Lipinski definition) is 6. The van der Waals surface area contributed by atoms with Crippen molar-refractivity contribution in [3.63, 3.8) is 0 Å². The monoisotopic (exact) mass is 504 g/mol. The van der Waals surface area contributed by atoms with Crippen molar-refractivity contribution in [1.29, 1.82) is 0 Å². The molecule has 0 atom stereocenters. The third-order valence-corrected chi connectivity index (χ3v) is 6.92. The van der Waals surface area contributed by atoms with Crippen molar-refractivity contribution in [1.82, 2.24) is 14.4 Å². The van der Waals surface area contributed by atoms with E-state index in [1.807, 2.05) is 59.2 Å². The number of imide groups is 1. The first-order valence-corrected chi connectivity index (χ1v) is 12.3. The molecule has 36 heavy (non-hydrogen) atoms. The maximum absolute atomic E-state index is 13.0. The number of morpholine rings is 1. The molecule has 0 unspecified atom stereocenters. The van der Waals surface area contributed by atoms with Gasteiger partial charge in [0.1, 0.15) is 13.1 Å². The van der Waals surface area contributed by atoms with Gasteiger partial charge in [0, 0.05) is 41.4 Å². The molecule has 0 aliphatic carbocycles. The first-order valence-electron chi connectivity index (χ1n) is 11.5. The Hall–Kier alpha value is -3.89. The summed E-state index contributed by atoms with van der Waals surface area (Å²) < 4.78 is 7.07. The second-order valence-electron chi connectivity index (χ2n) is 8.40. The number of hydrogen-bond donors (Lipinski definition) is 1. The molecule has 3 aromatic rings. The van der Waals surface area contributed by atoms with Crippen LogP contribution in [-0.4, -0.2) is 70.2 Å². The number of nitrogens with zero attached hydrogens (tertiary/aromatic N) is 3. The summed E-state index contributed by atoms with van der Waals surface area (Å²) in [5.41, 5.74) is 2.25. The van der Waals surface area contributed by atoms with E-state index in [-0.39, 0.29) is 29.8 Å². The highest BCUT2D eigenvalue weighted by Gasteiger charge is 2.37. The van der Waals surface area contributed by atoms with Crippen molar-refractivity contribution in [3.05, 3.63) is 71.3 Å². The molecule has 2 fully saturated rings.